The van der Waals surface area contributed by atoms with E-state index in [9.17, 15) is 4.39 Å². The van der Waals surface area contributed by atoms with Crippen molar-refractivity contribution in [1.82, 2.24) is 20.2 Å². The highest BCUT2D eigenvalue weighted by Crippen LogP contribution is 2.34. The summed E-state index contributed by atoms with van der Waals surface area (Å²) in [5, 5.41) is 12.4. The number of ether oxygens (including phenoxy) is 3. The molecule has 4 rings (SSSR count). The van der Waals surface area contributed by atoms with E-state index in [0.29, 0.717) is 34.6 Å². The second-order valence-electron chi connectivity index (χ2n) is 5.50. The Kier molecular flexibility index (Phi) is 4.72. The van der Waals surface area contributed by atoms with Gasteiger partial charge < -0.3 is 14.2 Å². The van der Waals surface area contributed by atoms with E-state index >= 15 is 0 Å². The van der Waals surface area contributed by atoms with Crippen LogP contribution in [0.25, 0.3) is 5.69 Å². The zero-order valence-electron chi connectivity index (χ0n) is 13.9. The average molecular weight is 374 g/mol. The maximum atomic E-state index is 13.9. The van der Waals surface area contributed by atoms with E-state index in [0.717, 1.165) is 11.3 Å². The molecule has 1 aliphatic rings. The Hall–Kier alpha value is -2.65. The SMILES string of the molecule is COc1ccccc1-n1nnnc1SCc1cc(F)cc2c1OCOC2. The molecule has 0 radical (unpaired) electrons. The van der Waals surface area contributed by atoms with Crippen LogP contribution < -0.4 is 9.47 Å². The number of fused-ring (bicyclic) bond motifs is 1. The molecule has 2 aromatic carbocycles. The second kappa shape index (κ2) is 7.30. The molecule has 0 saturated heterocycles. The largest absolute Gasteiger partial charge is 0.494 e. The Labute approximate surface area is 153 Å². The van der Waals surface area contributed by atoms with Crippen LogP contribution >= 0.6 is 11.8 Å². The first-order valence-corrected chi connectivity index (χ1v) is 8.81. The van der Waals surface area contributed by atoms with Crippen LogP contribution in [0.4, 0.5) is 4.39 Å². The minimum absolute atomic E-state index is 0.162. The normalized spacial score (nSPS) is 13.2. The third-order valence-electron chi connectivity index (χ3n) is 3.86. The van der Waals surface area contributed by atoms with Crippen molar-refractivity contribution in [3.8, 4) is 17.2 Å². The lowest BCUT2D eigenvalue weighted by Gasteiger charge is -2.20. The van der Waals surface area contributed by atoms with Gasteiger partial charge >= 0.3 is 0 Å². The third-order valence-corrected chi connectivity index (χ3v) is 4.83. The van der Waals surface area contributed by atoms with Crippen LogP contribution in [0.1, 0.15) is 11.1 Å². The van der Waals surface area contributed by atoms with Crippen LogP contribution in [-0.4, -0.2) is 34.1 Å². The lowest BCUT2D eigenvalue weighted by Crippen LogP contribution is -2.13. The first-order valence-electron chi connectivity index (χ1n) is 7.82. The monoisotopic (exact) mass is 374 g/mol. The zero-order chi connectivity index (χ0) is 17.9. The number of rotatable bonds is 5. The molecule has 9 heteroatoms. The Balaban J connectivity index is 1.61. The molecule has 0 fully saturated rings. The van der Waals surface area contributed by atoms with E-state index in [1.165, 1.54) is 23.9 Å². The summed E-state index contributed by atoms with van der Waals surface area (Å²) in [6.45, 7) is 0.499. The number of halogens is 1. The zero-order valence-corrected chi connectivity index (χ0v) is 14.7. The van der Waals surface area contributed by atoms with E-state index in [-0.39, 0.29) is 12.6 Å². The van der Waals surface area contributed by atoms with Crippen LogP contribution in [0.15, 0.2) is 41.6 Å². The molecule has 2 heterocycles. The molecule has 0 unspecified atom stereocenters. The second-order valence-corrected chi connectivity index (χ2v) is 6.44. The van der Waals surface area contributed by atoms with Gasteiger partial charge in [-0.05, 0) is 34.7 Å². The molecule has 1 aromatic heterocycles. The Morgan fingerprint density at radius 3 is 3.08 bits per heavy atom. The minimum Gasteiger partial charge on any atom is -0.494 e. The van der Waals surface area contributed by atoms with Gasteiger partial charge in [-0.25, -0.2) is 4.39 Å². The van der Waals surface area contributed by atoms with Crippen LogP contribution in [0, 0.1) is 5.82 Å². The van der Waals surface area contributed by atoms with Gasteiger partial charge in [-0.3, -0.25) is 0 Å². The molecule has 0 spiro atoms. The van der Waals surface area contributed by atoms with E-state index < -0.39 is 0 Å². The maximum absolute atomic E-state index is 13.9. The van der Waals surface area contributed by atoms with Crippen molar-refractivity contribution in [2.45, 2.75) is 17.5 Å². The number of thioether (sulfide) groups is 1. The minimum atomic E-state index is -0.322. The predicted octanol–water partition coefficient (Wildman–Crippen LogP) is 2.97. The van der Waals surface area contributed by atoms with Gasteiger partial charge in [0.1, 0.15) is 23.0 Å². The summed E-state index contributed by atoms with van der Waals surface area (Å²) in [7, 11) is 1.59. The summed E-state index contributed by atoms with van der Waals surface area (Å²) < 4.78 is 31.6. The fourth-order valence-electron chi connectivity index (χ4n) is 2.73. The maximum Gasteiger partial charge on any atom is 0.214 e. The number of tetrazole rings is 1. The molecule has 0 bridgehead atoms. The molecule has 0 atom stereocenters. The van der Waals surface area contributed by atoms with Gasteiger partial charge in [-0.2, -0.15) is 4.68 Å². The highest BCUT2D eigenvalue weighted by molar-refractivity contribution is 7.98. The van der Waals surface area contributed by atoms with Crippen molar-refractivity contribution < 1.29 is 18.6 Å². The van der Waals surface area contributed by atoms with Gasteiger partial charge in [0, 0.05) is 16.9 Å². The summed E-state index contributed by atoms with van der Waals surface area (Å²) in [5.41, 5.74) is 2.17. The summed E-state index contributed by atoms with van der Waals surface area (Å²) in [5.74, 6) is 1.46. The molecule has 7 nitrogen and oxygen atoms in total. The Morgan fingerprint density at radius 2 is 2.19 bits per heavy atom. The highest BCUT2D eigenvalue weighted by Gasteiger charge is 2.19. The number of para-hydroxylation sites is 2. The van der Waals surface area contributed by atoms with Gasteiger partial charge in [0.05, 0.1) is 13.7 Å². The molecule has 1 aliphatic heterocycles. The number of benzene rings is 2. The smallest absolute Gasteiger partial charge is 0.214 e. The van der Waals surface area contributed by atoms with Crippen LogP contribution in [0.5, 0.6) is 11.5 Å². The molecule has 3 aromatic rings. The van der Waals surface area contributed by atoms with Gasteiger partial charge in [-0.1, -0.05) is 23.9 Å². The first kappa shape index (κ1) is 16.8. The van der Waals surface area contributed by atoms with Gasteiger partial charge in [0.25, 0.3) is 0 Å². The van der Waals surface area contributed by atoms with E-state index in [2.05, 4.69) is 15.5 Å². The number of nitrogens with zero attached hydrogens (tertiary/aromatic N) is 4. The van der Waals surface area contributed by atoms with Gasteiger partial charge in [0.15, 0.2) is 6.79 Å². The topological polar surface area (TPSA) is 71.3 Å². The fraction of sp³-hybridized carbons (Fsp3) is 0.235. The van der Waals surface area contributed by atoms with Crippen LogP contribution in [0.2, 0.25) is 0 Å². The van der Waals surface area contributed by atoms with E-state index in [4.69, 9.17) is 14.2 Å². The average Bonchev–Trinajstić information content (AvgIpc) is 3.14. The highest BCUT2D eigenvalue weighted by atomic mass is 32.2. The number of hydrogen-bond donors (Lipinski definition) is 0. The lowest BCUT2D eigenvalue weighted by molar-refractivity contribution is -0.0171. The third kappa shape index (κ3) is 3.23. The summed E-state index contributed by atoms with van der Waals surface area (Å²) >= 11 is 1.39. The van der Waals surface area contributed by atoms with E-state index in [1.807, 2.05) is 24.3 Å². The number of aromatic nitrogens is 4. The van der Waals surface area contributed by atoms with Crippen LogP contribution in [-0.2, 0) is 17.1 Å². The Bertz CT molecular complexity index is 934. The summed E-state index contributed by atoms with van der Waals surface area (Å²) in [6.07, 6.45) is 0. The quantitative estimate of drug-likeness (QED) is 0.636. The van der Waals surface area contributed by atoms with E-state index in [1.54, 1.807) is 11.8 Å². The van der Waals surface area contributed by atoms with Crippen molar-refractivity contribution >= 4 is 11.8 Å². The number of methoxy groups -OCH3 is 1. The summed E-state index contributed by atoms with van der Waals surface area (Å²) in [6, 6.07) is 10.4. The van der Waals surface area contributed by atoms with Gasteiger partial charge in [-0.15, -0.1) is 5.10 Å². The number of hydrogen-bond acceptors (Lipinski definition) is 7. The molecule has 0 N–H and O–H groups in total. The fourth-order valence-corrected chi connectivity index (χ4v) is 3.58. The van der Waals surface area contributed by atoms with Crippen molar-refractivity contribution in [2.75, 3.05) is 13.9 Å². The predicted molar refractivity (Wildman–Crippen MR) is 92.0 cm³/mol. The molecular formula is C17H15FN4O3S. The van der Waals surface area contributed by atoms with Crippen molar-refractivity contribution in [3.63, 3.8) is 0 Å². The molecule has 134 valence electrons. The van der Waals surface area contributed by atoms with Gasteiger partial charge in [0.2, 0.25) is 5.16 Å². The lowest BCUT2D eigenvalue weighted by atomic mass is 10.1. The molecular weight excluding hydrogens is 359 g/mol. The molecule has 26 heavy (non-hydrogen) atoms. The standard InChI is InChI=1S/C17H15FN4O3S/c1-23-15-5-3-2-4-14(15)22-17(19-20-21-22)26-9-12-7-13(18)6-11-8-24-10-25-16(11)12/h2-7H,8-10H2,1H3. The van der Waals surface area contributed by atoms with Crippen molar-refractivity contribution in [1.29, 1.82) is 0 Å². The molecule has 0 amide bonds. The van der Waals surface area contributed by atoms with Crippen LogP contribution in [0.3, 0.4) is 0 Å². The first-order chi connectivity index (χ1) is 12.8. The summed E-state index contributed by atoms with van der Waals surface area (Å²) in [4.78, 5) is 0. The molecule has 0 aliphatic carbocycles. The molecule has 0 saturated carbocycles. The van der Waals surface area contributed by atoms with Crippen molar-refractivity contribution in [2.24, 2.45) is 0 Å². The van der Waals surface area contributed by atoms with Crippen molar-refractivity contribution in [3.05, 3.63) is 53.3 Å². The Morgan fingerprint density at radius 1 is 1.31 bits per heavy atom.